The lowest BCUT2D eigenvalue weighted by Gasteiger charge is -2.18. The van der Waals surface area contributed by atoms with Crippen LogP contribution in [0, 0.1) is 0 Å². The summed E-state index contributed by atoms with van der Waals surface area (Å²) >= 11 is 0. The van der Waals surface area contributed by atoms with Gasteiger partial charge in [-0.15, -0.1) is 0 Å². The molecule has 1 amide bonds. The van der Waals surface area contributed by atoms with Crippen molar-refractivity contribution in [2.45, 2.75) is 12.8 Å². The average Bonchev–Trinajstić information content (AvgIpc) is 3.30. The molecule has 1 aromatic carbocycles. The van der Waals surface area contributed by atoms with Crippen molar-refractivity contribution in [2.75, 3.05) is 24.7 Å². The summed E-state index contributed by atoms with van der Waals surface area (Å²) in [6.45, 7) is 1.94. The number of benzene rings is 1. The largest absolute Gasteiger partial charge is 0.469 e. The molecule has 2 aliphatic rings. The van der Waals surface area contributed by atoms with Crippen LogP contribution in [0.3, 0.4) is 0 Å². The average molecular weight is 311 g/mol. The lowest BCUT2D eigenvalue weighted by Crippen LogP contribution is -2.28. The number of likely N-dealkylation sites (tertiary alicyclic amines) is 1. The highest BCUT2D eigenvalue weighted by Crippen LogP contribution is 2.40. The van der Waals surface area contributed by atoms with Crippen molar-refractivity contribution in [1.82, 2.24) is 9.88 Å². The molecule has 0 bridgehead atoms. The molecule has 0 saturated carbocycles. The Bertz CT molecular complexity index is 762. The standard InChI is InChI=1S/C17H17N3O3/c21-10-12-5-1-2-6-14(12)20-11-23-15-9-13(18-16(15)20)17(22)19-7-3-4-8-19/h1-2,5-6,9-10,18H,3-4,7-8,11H2. The number of aldehydes is 1. The van der Waals surface area contributed by atoms with E-state index in [0.717, 1.165) is 43.7 Å². The van der Waals surface area contributed by atoms with Gasteiger partial charge in [0, 0.05) is 24.7 Å². The van der Waals surface area contributed by atoms with E-state index in [4.69, 9.17) is 4.74 Å². The van der Waals surface area contributed by atoms with Gasteiger partial charge in [-0.3, -0.25) is 14.5 Å². The van der Waals surface area contributed by atoms with Crippen LogP contribution in [0.2, 0.25) is 0 Å². The van der Waals surface area contributed by atoms with Crippen molar-refractivity contribution >= 4 is 23.7 Å². The quantitative estimate of drug-likeness (QED) is 0.885. The number of nitrogens with zero attached hydrogens (tertiary/aromatic N) is 2. The Hall–Kier alpha value is -2.76. The molecule has 6 nitrogen and oxygen atoms in total. The first-order valence-electron chi connectivity index (χ1n) is 7.75. The summed E-state index contributed by atoms with van der Waals surface area (Å²) in [5, 5.41) is 0. The minimum Gasteiger partial charge on any atom is -0.469 e. The molecule has 0 radical (unpaired) electrons. The maximum Gasteiger partial charge on any atom is 0.270 e. The molecule has 0 atom stereocenters. The lowest BCUT2D eigenvalue weighted by molar-refractivity contribution is 0.0787. The van der Waals surface area contributed by atoms with Crippen molar-refractivity contribution in [3.63, 3.8) is 0 Å². The number of anilines is 2. The van der Waals surface area contributed by atoms with Crippen molar-refractivity contribution in [1.29, 1.82) is 0 Å². The number of aromatic amines is 1. The zero-order valence-electron chi connectivity index (χ0n) is 12.6. The summed E-state index contributed by atoms with van der Waals surface area (Å²) in [6, 6.07) is 9.08. The predicted molar refractivity (Wildman–Crippen MR) is 85.4 cm³/mol. The third-order valence-corrected chi connectivity index (χ3v) is 4.36. The number of H-pyrrole nitrogens is 1. The molecule has 3 heterocycles. The molecular weight excluding hydrogens is 294 g/mol. The molecule has 6 heteroatoms. The van der Waals surface area contributed by atoms with Crippen LogP contribution in [0.5, 0.6) is 5.75 Å². The topological polar surface area (TPSA) is 65.6 Å². The van der Waals surface area contributed by atoms with E-state index in [9.17, 15) is 9.59 Å². The van der Waals surface area contributed by atoms with Crippen molar-refractivity contribution in [3.8, 4) is 5.75 Å². The Morgan fingerprint density at radius 2 is 2.00 bits per heavy atom. The van der Waals surface area contributed by atoms with Crippen LogP contribution in [-0.2, 0) is 0 Å². The maximum absolute atomic E-state index is 12.5. The van der Waals surface area contributed by atoms with Crippen LogP contribution in [-0.4, -0.2) is 41.9 Å². The van der Waals surface area contributed by atoms with Gasteiger partial charge in [-0.05, 0) is 25.0 Å². The Morgan fingerprint density at radius 3 is 2.78 bits per heavy atom. The zero-order valence-corrected chi connectivity index (χ0v) is 12.6. The summed E-state index contributed by atoms with van der Waals surface area (Å²) in [4.78, 5) is 30.6. The van der Waals surface area contributed by atoms with Gasteiger partial charge in [0.15, 0.2) is 24.6 Å². The van der Waals surface area contributed by atoms with Crippen LogP contribution < -0.4 is 9.64 Å². The van der Waals surface area contributed by atoms with Gasteiger partial charge in [0.2, 0.25) is 0 Å². The van der Waals surface area contributed by atoms with Crippen LogP contribution in [0.25, 0.3) is 0 Å². The highest BCUT2D eigenvalue weighted by molar-refractivity contribution is 5.95. The van der Waals surface area contributed by atoms with E-state index < -0.39 is 0 Å². The molecular formula is C17H17N3O3. The predicted octanol–water partition coefficient (Wildman–Crippen LogP) is 2.55. The summed E-state index contributed by atoms with van der Waals surface area (Å²) in [6.07, 6.45) is 2.94. The normalized spacial score (nSPS) is 16.3. The first-order chi connectivity index (χ1) is 11.3. The second-order valence-electron chi connectivity index (χ2n) is 5.77. The van der Waals surface area contributed by atoms with Crippen LogP contribution in [0.4, 0.5) is 11.5 Å². The minimum atomic E-state index is 0.00382. The summed E-state index contributed by atoms with van der Waals surface area (Å²) in [5.41, 5.74) is 1.89. The van der Waals surface area contributed by atoms with Gasteiger partial charge in [0.25, 0.3) is 5.91 Å². The lowest BCUT2D eigenvalue weighted by atomic mass is 10.2. The second-order valence-corrected chi connectivity index (χ2v) is 5.77. The smallest absolute Gasteiger partial charge is 0.270 e. The molecule has 0 unspecified atom stereocenters. The number of hydrogen-bond acceptors (Lipinski definition) is 4. The SMILES string of the molecule is O=Cc1ccccc1N1COc2cc(C(=O)N3CCCC3)[nH]c21. The number of amides is 1. The molecule has 2 aliphatic heterocycles. The maximum atomic E-state index is 12.5. The van der Waals surface area contributed by atoms with Gasteiger partial charge in [-0.2, -0.15) is 0 Å². The van der Waals surface area contributed by atoms with Gasteiger partial charge in [-0.25, -0.2) is 0 Å². The number of para-hydroxylation sites is 1. The number of aromatic nitrogens is 1. The molecule has 1 saturated heterocycles. The van der Waals surface area contributed by atoms with Crippen molar-refractivity contribution < 1.29 is 14.3 Å². The third kappa shape index (κ3) is 2.27. The van der Waals surface area contributed by atoms with E-state index in [1.54, 1.807) is 12.1 Å². The van der Waals surface area contributed by atoms with Gasteiger partial charge < -0.3 is 14.6 Å². The van der Waals surface area contributed by atoms with Crippen LogP contribution in [0.15, 0.2) is 30.3 Å². The number of rotatable bonds is 3. The van der Waals surface area contributed by atoms with Crippen LogP contribution in [0.1, 0.15) is 33.7 Å². The first-order valence-corrected chi connectivity index (χ1v) is 7.75. The molecule has 2 aromatic rings. The van der Waals surface area contributed by atoms with Gasteiger partial charge in [0.05, 0.1) is 5.69 Å². The number of nitrogens with one attached hydrogen (secondary N) is 1. The van der Waals surface area contributed by atoms with E-state index in [1.165, 1.54) is 0 Å². The molecule has 0 spiro atoms. The number of carbonyl (C=O) groups excluding carboxylic acids is 2. The fourth-order valence-electron chi connectivity index (χ4n) is 3.16. The first kappa shape index (κ1) is 13.9. The Kier molecular flexibility index (Phi) is 3.29. The highest BCUT2D eigenvalue weighted by Gasteiger charge is 2.29. The second kappa shape index (κ2) is 5.46. The van der Waals surface area contributed by atoms with Gasteiger partial charge in [0.1, 0.15) is 5.69 Å². The molecule has 1 fully saturated rings. The van der Waals surface area contributed by atoms with Gasteiger partial charge >= 0.3 is 0 Å². The van der Waals surface area contributed by atoms with E-state index in [2.05, 4.69) is 4.98 Å². The monoisotopic (exact) mass is 311 g/mol. The number of carbonyl (C=O) groups is 2. The van der Waals surface area contributed by atoms with Crippen molar-refractivity contribution in [3.05, 3.63) is 41.6 Å². The Balaban J connectivity index is 1.66. The van der Waals surface area contributed by atoms with Gasteiger partial charge in [-0.1, -0.05) is 12.1 Å². The van der Waals surface area contributed by atoms with E-state index in [1.807, 2.05) is 28.0 Å². The molecule has 23 heavy (non-hydrogen) atoms. The Morgan fingerprint density at radius 1 is 1.22 bits per heavy atom. The number of hydrogen-bond donors (Lipinski definition) is 1. The van der Waals surface area contributed by atoms with E-state index in [-0.39, 0.29) is 5.91 Å². The highest BCUT2D eigenvalue weighted by atomic mass is 16.5. The number of ether oxygens (including phenoxy) is 1. The summed E-state index contributed by atoms with van der Waals surface area (Å²) < 4.78 is 5.67. The molecule has 4 rings (SSSR count). The molecule has 118 valence electrons. The fraction of sp³-hybridized carbons (Fsp3) is 0.294. The van der Waals surface area contributed by atoms with E-state index in [0.29, 0.717) is 23.7 Å². The number of fused-ring (bicyclic) bond motifs is 1. The van der Waals surface area contributed by atoms with Crippen molar-refractivity contribution in [2.24, 2.45) is 0 Å². The molecule has 1 aromatic heterocycles. The molecule has 1 N–H and O–H groups in total. The third-order valence-electron chi connectivity index (χ3n) is 4.36. The summed E-state index contributed by atoms with van der Waals surface area (Å²) in [5.74, 6) is 1.37. The Labute approximate surface area is 133 Å². The summed E-state index contributed by atoms with van der Waals surface area (Å²) in [7, 11) is 0. The zero-order chi connectivity index (χ0) is 15.8. The minimum absolute atomic E-state index is 0.00382. The van der Waals surface area contributed by atoms with E-state index >= 15 is 0 Å². The van der Waals surface area contributed by atoms with Crippen LogP contribution >= 0.6 is 0 Å². The molecule has 0 aliphatic carbocycles. The fourth-order valence-corrected chi connectivity index (χ4v) is 3.16.